The number of allylic oxidation sites excluding steroid dienone is 1. The Morgan fingerprint density at radius 1 is 0.800 bits per heavy atom. The fraction of sp³-hybridized carbons (Fsp3) is 0.500. The van der Waals surface area contributed by atoms with Crippen molar-refractivity contribution in [2.24, 2.45) is 11.8 Å². The van der Waals surface area contributed by atoms with Gasteiger partial charge in [0.05, 0.1) is 35.0 Å². The fourth-order valence-corrected chi connectivity index (χ4v) is 8.18. The van der Waals surface area contributed by atoms with E-state index in [9.17, 15) is 34.0 Å². The molecule has 2 aliphatic rings. The summed E-state index contributed by atoms with van der Waals surface area (Å²) in [6.07, 6.45) is 2.93. The number of nitrogens with zero attached hydrogens (tertiary/aromatic N) is 8. The first-order chi connectivity index (χ1) is 27.9. The van der Waals surface area contributed by atoms with Crippen LogP contribution in [0.1, 0.15) is 98.7 Å². The van der Waals surface area contributed by atoms with Crippen LogP contribution in [0.4, 0.5) is 8.78 Å². The second kappa shape index (κ2) is 19.3. The molecule has 12 nitrogen and oxygen atoms in total. The van der Waals surface area contributed by atoms with E-state index in [2.05, 4.69) is 26.5 Å². The van der Waals surface area contributed by atoms with E-state index in [1.807, 2.05) is 88.3 Å². The number of pyridine rings is 2. The summed E-state index contributed by atoms with van der Waals surface area (Å²) < 4.78 is 38.0. The highest BCUT2D eigenvalue weighted by molar-refractivity contribution is 7.99. The third kappa shape index (κ3) is 11.8. The van der Waals surface area contributed by atoms with E-state index in [1.165, 1.54) is 62.8 Å². The highest BCUT2D eigenvalue weighted by atomic mass is 32.2. The second-order valence-electron chi connectivity index (χ2n) is 18.1. The maximum Gasteiger partial charge on any atom is 0.272 e. The number of aliphatic hydroxyl groups excluding tert-OH is 1. The van der Waals surface area contributed by atoms with Crippen molar-refractivity contribution < 1.29 is 18.6 Å². The maximum atomic E-state index is 14.7. The second-order valence-corrected chi connectivity index (χ2v) is 20.0. The minimum atomic E-state index is -0.494. The van der Waals surface area contributed by atoms with Gasteiger partial charge in [0, 0.05) is 77.4 Å². The highest BCUT2D eigenvalue weighted by Gasteiger charge is 2.29. The average Bonchev–Trinajstić information content (AvgIpc) is 3.15. The van der Waals surface area contributed by atoms with Crippen LogP contribution in [0.15, 0.2) is 56.6 Å². The van der Waals surface area contributed by atoms with Crippen LogP contribution in [0.5, 0.6) is 0 Å². The lowest BCUT2D eigenvalue weighted by atomic mass is 9.90. The van der Waals surface area contributed by atoms with Gasteiger partial charge in [0.2, 0.25) is 0 Å². The van der Waals surface area contributed by atoms with Gasteiger partial charge in [-0.15, -0.1) is 6.58 Å². The number of thioether (sulfide) groups is 2. The average molecular weight is 861 g/mol. The Hall–Kier alpha value is -4.74. The number of rotatable bonds is 5. The van der Waals surface area contributed by atoms with Crippen LogP contribution in [0, 0.1) is 46.1 Å². The van der Waals surface area contributed by atoms with Gasteiger partial charge in [-0.25, -0.2) is 18.7 Å². The quantitative estimate of drug-likeness (QED) is 0.151. The lowest BCUT2D eigenvalue weighted by Gasteiger charge is -2.28. The summed E-state index contributed by atoms with van der Waals surface area (Å²) in [6.45, 7) is 25.9. The topological polar surface area (TPSA) is 173 Å². The van der Waals surface area contributed by atoms with Crippen LogP contribution in [-0.2, 0) is 28.7 Å². The number of hydrogen-bond donors (Lipinski definition) is 1. The first-order valence-electron chi connectivity index (χ1n) is 19.4. The van der Waals surface area contributed by atoms with Crippen LogP contribution in [0.3, 0.4) is 0 Å². The molecule has 0 aromatic carbocycles. The molecule has 2 unspecified atom stereocenters. The zero-order valence-electron chi connectivity index (χ0n) is 36.2. The first-order valence-corrected chi connectivity index (χ1v) is 21.4. The van der Waals surface area contributed by atoms with Crippen molar-refractivity contribution >= 4 is 23.5 Å². The van der Waals surface area contributed by atoms with Gasteiger partial charge in [0.25, 0.3) is 11.1 Å². The molecule has 0 spiro atoms. The molecular weight excluding hydrogens is 807 g/mol. The number of aliphatic hydroxyl groups is 1. The van der Waals surface area contributed by atoms with Crippen molar-refractivity contribution in [3.63, 3.8) is 0 Å². The zero-order valence-corrected chi connectivity index (χ0v) is 37.9. The Balaban J connectivity index is 0.000000245. The number of fused-ring (bicyclic) bond motifs is 2. The van der Waals surface area contributed by atoms with E-state index in [1.54, 1.807) is 0 Å². The van der Waals surface area contributed by atoms with Gasteiger partial charge in [0.15, 0.2) is 10.3 Å². The summed E-state index contributed by atoms with van der Waals surface area (Å²) in [5.74, 6) is 0.494. The van der Waals surface area contributed by atoms with Gasteiger partial charge in [0.1, 0.15) is 34.9 Å². The summed E-state index contributed by atoms with van der Waals surface area (Å²) in [5.41, 5.74) is 0.471. The normalized spacial score (nSPS) is 16.1. The highest BCUT2D eigenvalue weighted by Crippen LogP contribution is 2.33. The summed E-state index contributed by atoms with van der Waals surface area (Å²) in [7, 11) is 0. The molecule has 0 aliphatic carbocycles. The molecule has 2 aliphatic heterocycles. The van der Waals surface area contributed by atoms with E-state index >= 15 is 0 Å². The Labute approximate surface area is 359 Å². The van der Waals surface area contributed by atoms with Crippen molar-refractivity contribution in [2.75, 3.05) is 24.7 Å². The molecule has 6 heterocycles. The number of halogens is 2. The predicted molar refractivity (Wildman–Crippen MR) is 232 cm³/mol. The molecule has 4 aromatic heterocycles. The number of hydrogen-bond acceptors (Lipinski definition) is 12. The van der Waals surface area contributed by atoms with Crippen molar-refractivity contribution in [2.45, 2.75) is 116 Å². The molecule has 6 rings (SSSR count). The molecule has 0 radical (unpaired) electrons. The Bertz CT molecular complexity index is 2450. The van der Waals surface area contributed by atoms with Crippen molar-refractivity contribution in [1.82, 2.24) is 29.1 Å². The van der Waals surface area contributed by atoms with Crippen LogP contribution in [0.2, 0.25) is 0 Å². The Kier molecular flexibility index (Phi) is 15.4. The molecule has 0 saturated heterocycles. The lowest BCUT2D eigenvalue weighted by molar-refractivity contribution is -0.0220. The predicted octanol–water partition coefficient (Wildman–Crippen LogP) is 8.06. The molecule has 60 heavy (non-hydrogen) atoms. The minimum Gasteiger partial charge on any atom is -0.396 e. The summed E-state index contributed by atoms with van der Waals surface area (Å²) >= 11 is 2.79. The van der Waals surface area contributed by atoms with Crippen LogP contribution in [-0.4, -0.2) is 64.5 Å². The number of ether oxygens (including phenoxy) is 1. The molecule has 0 bridgehead atoms. The molecule has 0 fully saturated rings. The third-order valence-corrected chi connectivity index (χ3v) is 11.3. The monoisotopic (exact) mass is 860 g/mol. The van der Waals surface area contributed by atoms with E-state index in [0.29, 0.717) is 58.3 Å². The molecular formula is C44H54F2N8O4S2. The minimum absolute atomic E-state index is 0.0358. The molecule has 4 aromatic rings. The Morgan fingerprint density at radius 3 is 1.52 bits per heavy atom. The van der Waals surface area contributed by atoms with E-state index < -0.39 is 33.6 Å². The molecule has 0 amide bonds. The van der Waals surface area contributed by atoms with E-state index in [0.717, 1.165) is 5.75 Å². The van der Waals surface area contributed by atoms with E-state index in [4.69, 9.17) is 4.74 Å². The third-order valence-electron chi connectivity index (χ3n) is 8.93. The molecule has 0 saturated carbocycles. The van der Waals surface area contributed by atoms with Gasteiger partial charge < -0.3 is 9.84 Å². The number of aromatic nitrogens is 6. The van der Waals surface area contributed by atoms with Crippen molar-refractivity contribution in [3.05, 3.63) is 91.5 Å². The standard InChI is InChI=1S/C22H27FN4O2S.C18H19FN4O2S.C4H8/c1-21(2,3)18-16(23)7-14(9-25-18)17-15(8-24)19(28)27-10-13(11-29-22(4,5)6)12-30-20(27)26-17;1-18(2,3)15-13(19)4-11(6-21-15)14-12(5-20)16(25)23-7-10(8-24)9-26-17(23)22-14;1-4(2)3/h7,9,13H,10-12H2,1-6H3;4,6,10,24H,7-9H2,1-3H3;1H2,2-3H3. The molecule has 16 heteroatoms. The largest absolute Gasteiger partial charge is 0.396 e. The smallest absolute Gasteiger partial charge is 0.272 e. The molecule has 2 atom stereocenters. The summed E-state index contributed by atoms with van der Waals surface area (Å²) in [4.78, 5) is 43.2. The van der Waals surface area contributed by atoms with Crippen LogP contribution < -0.4 is 11.1 Å². The van der Waals surface area contributed by atoms with Gasteiger partial charge in [-0.1, -0.05) is 70.6 Å². The van der Waals surface area contributed by atoms with Crippen LogP contribution in [0.25, 0.3) is 22.5 Å². The van der Waals surface area contributed by atoms with Gasteiger partial charge in [-0.3, -0.25) is 28.7 Å². The van der Waals surface area contributed by atoms with Gasteiger partial charge >= 0.3 is 0 Å². The SMILES string of the molecule is C=C(C)C.CC(C)(C)OCC1CSc2nc(-c3cnc(C(C)(C)C)c(F)c3)c(C#N)c(=O)n2C1.CC(C)(C)c1ncc(-c2nc3n(c(=O)c2C#N)CC(CO)CS3)cc1F. The summed E-state index contributed by atoms with van der Waals surface area (Å²) in [5, 5.41) is 29.4. The molecule has 320 valence electrons. The van der Waals surface area contributed by atoms with Gasteiger partial charge in [-0.05, 0) is 46.8 Å². The van der Waals surface area contributed by atoms with E-state index in [-0.39, 0.29) is 46.6 Å². The zero-order chi connectivity index (χ0) is 44.9. The number of nitriles is 2. The van der Waals surface area contributed by atoms with Crippen molar-refractivity contribution in [3.8, 4) is 34.7 Å². The van der Waals surface area contributed by atoms with Gasteiger partial charge in [-0.2, -0.15) is 10.5 Å². The van der Waals surface area contributed by atoms with Crippen molar-refractivity contribution in [1.29, 1.82) is 10.5 Å². The fourth-order valence-electron chi connectivity index (χ4n) is 6.06. The Morgan fingerprint density at radius 2 is 1.18 bits per heavy atom. The first kappa shape index (κ1) is 47.9. The maximum absolute atomic E-state index is 14.7. The lowest BCUT2D eigenvalue weighted by Crippen LogP contribution is -2.36. The van der Waals surface area contributed by atoms with Crippen LogP contribution >= 0.6 is 23.5 Å². The molecule has 1 N–H and O–H groups in total. The summed E-state index contributed by atoms with van der Waals surface area (Å²) in [6, 6.07) is 6.43.